The van der Waals surface area contributed by atoms with Gasteiger partial charge in [0.1, 0.15) is 11.5 Å². The van der Waals surface area contributed by atoms with Crippen molar-refractivity contribution in [3.8, 4) is 11.5 Å². The largest absolute Gasteiger partial charge is 0.507 e. The summed E-state index contributed by atoms with van der Waals surface area (Å²) in [5.41, 5.74) is -1.50. The second kappa shape index (κ2) is 10.5. The average Bonchev–Trinajstić information content (AvgIpc) is 3.53. The van der Waals surface area contributed by atoms with E-state index in [2.05, 4.69) is 0 Å². The van der Waals surface area contributed by atoms with Crippen LogP contribution in [0.1, 0.15) is 86.3 Å². The Morgan fingerprint density at radius 1 is 1.23 bits per heavy atom. The number of hydrogen-bond acceptors (Lipinski definition) is 9. The molecule has 0 saturated carbocycles. The number of phenolic OH excluding ortho intramolecular Hbond substituents is 2. The summed E-state index contributed by atoms with van der Waals surface area (Å²) in [6.45, 7) is 9.46. The minimum absolute atomic E-state index is 0.0462. The number of ketones is 1. The molecule has 4 N–H and O–H groups in total. The summed E-state index contributed by atoms with van der Waals surface area (Å²) in [6.07, 6.45) is -2.92. The summed E-state index contributed by atoms with van der Waals surface area (Å²) in [6, 6.07) is 1.36. The lowest BCUT2D eigenvalue weighted by Gasteiger charge is -2.39. The van der Waals surface area contributed by atoms with E-state index < -0.39 is 59.0 Å². The number of aromatic hydroxyl groups is 2. The first-order valence-electron chi connectivity index (χ1n) is 12.2. The van der Waals surface area contributed by atoms with Gasteiger partial charge in [-0.15, -0.1) is 0 Å². The number of aliphatic hydroxyl groups excluding tert-OH is 2. The van der Waals surface area contributed by atoms with Gasteiger partial charge < -0.3 is 34.6 Å². The van der Waals surface area contributed by atoms with Crippen LogP contribution in [0.2, 0.25) is 0 Å². The lowest BCUT2D eigenvalue weighted by molar-refractivity contribution is -0.239. The van der Waals surface area contributed by atoms with Crippen LogP contribution in [0.25, 0.3) is 0 Å². The van der Waals surface area contributed by atoms with Crippen LogP contribution in [-0.4, -0.2) is 69.8 Å². The quantitative estimate of drug-likeness (QED) is 0.219. The molecular weight excluding hydrogens is 456 g/mol. The molecule has 2 aliphatic heterocycles. The highest BCUT2D eigenvalue weighted by molar-refractivity contribution is 6.04. The van der Waals surface area contributed by atoms with Crippen molar-refractivity contribution in [2.75, 3.05) is 7.11 Å². The minimum Gasteiger partial charge on any atom is -0.507 e. The molecule has 0 bridgehead atoms. The zero-order valence-electron chi connectivity index (χ0n) is 21.2. The highest BCUT2D eigenvalue weighted by Crippen LogP contribution is 2.51. The van der Waals surface area contributed by atoms with Crippen LogP contribution in [0, 0.1) is 17.8 Å². The van der Waals surface area contributed by atoms with E-state index in [0.29, 0.717) is 19.1 Å². The monoisotopic (exact) mass is 494 g/mol. The second-order valence-corrected chi connectivity index (χ2v) is 10.4. The van der Waals surface area contributed by atoms with Gasteiger partial charge in [-0.2, -0.15) is 0 Å². The Morgan fingerprint density at radius 2 is 1.89 bits per heavy atom. The fourth-order valence-electron chi connectivity index (χ4n) is 5.40. The van der Waals surface area contributed by atoms with Crippen LogP contribution in [0.15, 0.2) is 6.07 Å². The SMILES string of the molecule is CC[C@@H]1O[C@@]12[C@H](O)C[C@H](C(CC(C)C)C(=O)c1cc(C(OC)C(C)C)c(O)c(C=O)c1O)O[C@H]2O. The molecule has 2 fully saturated rings. The van der Waals surface area contributed by atoms with E-state index in [0.717, 1.165) is 0 Å². The van der Waals surface area contributed by atoms with Gasteiger partial charge in [-0.3, -0.25) is 9.59 Å². The van der Waals surface area contributed by atoms with Gasteiger partial charge in [-0.25, -0.2) is 0 Å². The van der Waals surface area contributed by atoms with Crippen LogP contribution in [-0.2, 0) is 14.2 Å². The topological polar surface area (TPSA) is 146 Å². The van der Waals surface area contributed by atoms with Crippen LogP contribution >= 0.6 is 0 Å². The molecule has 35 heavy (non-hydrogen) atoms. The van der Waals surface area contributed by atoms with Gasteiger partial charge in [0.25, 0.3) is 0 Å². The van der Waals surface area contributed by atoms with Crippen LogP contribution < -0.4 is 0 Å². The number of phenols is 2. The summed E-state index contributed by atoms with van der Waals surface area (Å²) in [5, 5.41) is 43.0. The van der Waals surface area contributed by atoms with E-state index in [9.17, 15) is 30.0 Å². The summed E-state index contributed by atoms with van der Waals surface area (Å²) in [5.74, 6) is -2.46. The van der Waals surface area contributed by atoms with E-state index in [1.165, 1.54) is 13.2 Å². The first kappa shape index (κ1) is 27.5. The molecule has 1 aromatic carbocycles. The fourth-order valence-corrected chi connectivity index (χ4v) is 5.40. The van der Waals surface area contributed by atoms with Gasteiger partial charge in [0.2, 0.25) is 0 Å². The van der Waals surface area contributed by atoms with Crippen molar-refractivity contribution in [3.63, 3.8) is 0 Å². The third-order valence-electron chi connectivity index (χ3n) is 7.23. The number of aliphatic hydroxyl groups is 2. The van der Waals surface area contributed by atoms with E-state index >= 15 is 0 Å². The zero-order valence-corrected chi connectivity index (χ0v) is 21.2. The predicted octanol–water partition coefficient (Wildman–Crippen LogP) is 3.11. The average molecular weight is 495 g/mol. The number of benzene rings is 1. The Bertz CT molecular complexity index is 929. The van der Waals surface area contributed by atoms with Crippen molar-refractivity contribution in [3.05, 3.63) is 22.8 Å². The van der Waals surface area contributed by atoms with Crippen LogP contribution in [0.3, 0.4) is 0 Å². The highest BCUT2D eigenvalue weighted by atomic mass is 16.7. The molecule has 7 atom stereocenters. The molecule has 0 aliphatic carbocycles. The molecule has 1 spiro atoms. The van der Waals surface area contributed by atoms with E-state index in [-0.39, 0.29) is 35.5 Å². The van der Waals surface area contributed by atoms with Gasteiger partial charge in [0.15, 0.2) is 24.0 Å². The van der Waals surface area contributed by atoms with Crippen molar-refractivity contribution in [2.45, 2.75) is 90.2 Å². The number of epoxide rings is 1. The molecule has 1 aromatic rings. The molecule has 196 valence electrons. The van der Waals surface area contributed by atoms with Gasteiger partial charge in [0, 0.05) is 25.0 Å². The molecule has 2 unspecified atom stereocenters. The number of carbonyl (C=O) groups excluding carboxylic acids is 2. The maximum atomic E-state index is 13.9. The Kier molecular flexibility index (Phi) is 8.28. The third-order valence-corrected chi connectivity index (χ3v) is 7.23. The van der Waals surface area contributed by atoms with Gasteiger partial charge >= 0.3 is 0 Å². The van der Waals surface area contributed by atoms with E-state index in [4.69, 9.17) is 14.2 Å². The molecule has 0 amide bonds. The van der Waals surface area contributed by atoms with Crippen molar-refractivity contribution >= 4 is 12.1 Å². The molecule has 2 heterocycles. The van der Waals surface area contributed by atoms with E-state index in [1.54, 1.807) is 0 Å². The number of methoxy groups -OCH3 is 1. The van der Waals surface area contributed by atoms with E-state index in [1.807, 2.05) is 34.6 Å². The van der Waals surface area contributed by atoms with Crippen molar-refractivity contribution < 1.29 is 44.2 Å². The fraction of sp³-hybridized carbons (Fsp3) is 0.692. The highest BCUT2D eigenvalue weighted by Gasteiger charge is 2.68. The van der Waals surface area contributed by atoms with Crippen molar-refractivity contribution in [2.24, 2.45) is 17.8 Å². The van der Waals surface area contributed by atoms with Gasteiger partial charge in [-0.1, -0.05) is 34.6 Å². The van der Waals surface area contributed by atoms with Gasteiger partial charge in [0.05, 0.1) is 35.5 Å². The Labute approximate surface area is 206 Å². The smallest absolute Gasteiger partial charge is 0.189 e. The maximum Gasteiger partial charge on any atom is 0.189 e. The lowest BCUT2D eigenvalue weighted by Crippen LogP contribution is -2.55. The maximum absolute atomic E-state index is 13.9. The summed E-state index contributed by atoms with van der Waals surface area (Å²) >= 11 is 0. The summed E-state index contributed by atoms with van der Waals surface area (Å²) < 4.78 is 16.9. The number of ether oxygens (including phenoxy) is 3. The Balaban J connectivity index is 2.02. The lowest BCUT2D eigenvalue weighted by atomic mass is 9.78. The number of Topliss-reactive ketones (excluding diaryl/α,β-unsaturated/α-hetero) is 1. The Hall–Kier alpha value is -2.04. The first-order valence-corrected chi connectivity index (χ1v) is 12.2. The van der Waals surface area contributed by atoms with Crippen LogP contribution in [0.4, 0.5) is 0 Å². The summed E-state index contributed by atoms with van der Waals surface area (Å²) in [4.78, 5) is 25.6. The number of aldehydes is 1. The molecule has 2 aliphatic rings. The molecule has 9 heteroatoms. The number of carbonyl (C=O) groups is 2. The normalized spacial score (nSPS) is 30.0. The number of hydrogen-bond donors (Lipinski definition) is 4. The standard InChI is InChI=1S/C26H38O9/c1-7-20-26(35-20)19(28)10-18(34-25(26)32)14(8-12(2)3)21(29)15-9-16(24(33-6)13(4)5)23(31)17(11-27)22(15)30/h9,11-14,18-20,24-25,28,30-32H,7-8,10H2,1-6H3/t14?,18-,19-,20+,24?,25-,26+/m1/s1. The molecule has 2 saturated heterocycles. The third kappa shape index (κ3) is 4.84. The Morgan fingerprint density at radius 3 is 2.34 bits per heavy atom. The molecule has 9 nitrogen and oxygen atoms in total. The zero-order chi connectivity index (χ0) is 26.2. The minimum atomic E-state index is -1.41. The molecule has 0 aromatic heterocycles. The molecule has 0 radical (unpaired) electrons. The van der Waals surface area contributed by atoms with Gasteiger partial charge in [-0.05, 0) is 30.7 Å². The predicted molar refractivity (Wildman–Crippen MR) is 126 cm³/mol. The summed E-state index contributed by atoms with van der Waals surface area (Å²) in [7, 11) is 1.46. The second-order valence-electron chi connectivity index (χ2n) is 10.4. The molecular formula is C26H38O9. The first-order chi connectivity index (χ1) is 16.4. The molecule has 3 rings (SSSR count). The number of rotatable bonds is 10. The van der Waals surface area contributed by atoms with Crippen LogP contribution in [0.5, 0.6) is 11.5 Å². The van der Waals surface area contributed by atoms with Crippen molar-refractivity contribution in [1.29, 1.82) is 0 Å². The van der Waals surface area contributed by atoms with Crippen molar-refractivity contribution in [1.82, 2.24) is 0 Å².